The first-order valence-corrected chi connectivity index (χ1v) is 4.78. The summed E-state index contributed by atoms with van der Waals surface area (Å²) in [5, 5.41) is 8.03. The molecule has 0 aliphatic heterocycles. The lowest BCUT2D eigenvalue weighted by Gasteiger charge is -2.04. The van der Waals surface area contributed by atoms with Crippen molar-refractivity contribution in [3.63, 3.8) is 0 Å². The van der Waals surface area contributed by atoms with Crippen LogP contribution in [0.5, 0.6) is 0 Å². The number of benzene rings is 1. The van der Waals surface area contributed by atoms with Crippen LogP contribution >= 0.6 is 0 Å². The number of esters is 1. The molecule has 0 fully saturated rings. The fourth-order valence-corrected chi connectivity index (χ4v) is 0.931. The summed E-state index contributed by atoms with van der Waals surface area (Å²) in [7, 11) is 0. The smallest absolute Gasteiger partial charge is 0.302 e. The summed E-state index contributed by atoms with van der Waals surface area (Å²) < 4.78 is 4.80. The first-order chi connectivity index (χ1) is 7.18. The third-order valence-corrected chi connectivity index (χ3v) is 1.65. The second-order valence-electron chi connectivity index (χ2n) is 3.20. The zero-order valence-electron chi connectivity index (χ0n) is 8.88. The van der Waals surface area contributed by atoms with Crippen molar-refractivity contribution in [2.24, 2.45) is 10.2 Å². The summed E-state index contributed by atoms with van der Waals surface area (Å²) in [6.07, 6.45) is 0. The number of ether oxygens (including phenoxy) is 1. The van der Waals surface area contributed by atoms with Crippen LogP contribution in [0.1, 0.15) is 13.8 Å². The van der Waals surface area contributed by atoms with Gasteiger partial charge in [0.15, 0.2) is 0 Å². The predicted octanol–water partition coefficient (Wildman–Crippen LogP) is 2.72. The van der Waals surface area contributed by atoms with Crippen LogP contribution in [0.3, 0.4) is 0 Å². The van der Waals surface area contributed by atoms with Gasteiger partial charge in [0.2, 0.25) is 0 Å². The second kappa shape index (κ2) is 5.90. The molecule has 0 aliphatic rings. The van der Waals surface area contributed by atoms with Crippen LogP contribution in [0.25, 0.3) is 0 Å². The van der Waals surface area contributed by atoms with Crippen molar-refractivity contribution in [3.8, 4) is 0 Å². The highest BCUT2D eigenvalue weighted by molar-refractivity contribution is 5.65. The van der Waals surface area contributed by atoms with E-state index in [-0.39, 0.29) is 18.6 Å². The third-order valence-electron chi connectivity index (χ3n) is 1.65. The van der Waals surface area contributed by atoms with E-state index < -0.39 is 0 Å². The van der Waals surface area contributed by atoms with Crippen molar-refractivity contribution in [3.05, 3.63) is 30.3 Å². The number of hydrogen-bond donors (Lipinski definition) is 0. The molecule has 1 unspecified atom stereocenters. The largest absolute Gasteiger partial charge is 0.464 e. The van der Waals surface area contributed by atoms with Crippen molar-refractivity contribution in [1.82, 2.24) is 0 Å². The maximum atomic E-state index is 10.5. The van der Waals surface area contributed by atoms with Crippen LogP contribution in [-0.2, 0) is 9.53 Å². The Bertz CT molecular complexity index is 336. The molecule has 0 amide bonds. The van der Waals surface area contributed by atoms with Gasteiger partial charge in [-0.3, -0.25) is 4.79 Å². The normalized spacial score (nSPS) is 12.7. The Morgan fingerprint density at radius 2 is 2.07 bits per heavy atom. The van der Waals surface area contributed by atoms with Gasteiger partial charge >= 0.3 is 5.97 Å². The van der Waals surface area contributed by atoms with Gasteiger partial charge in [-0.2, -0.15) is 10.2 Å². The Hall–Kier alpha value is -1.71. The molecule has 1 atom stereocenters. The Kier molecular flexibility index (Phi) is 4.47. The third kappa shape index (κ3) is 4.90. The molecule has 0 heterocycles. The first-order valence-electron chi connectivity index (χ1n) is 4.78. The summed E-state index contributed by atoms with van der Waals surface area (Å²) in [6, 6.07) is 9.32. The van der Waals surface area contributed by atoms with Gasteiger partial charge in [0.05, 0.1) is 5.69 Å². The number of carbonyl (C=O) groups is 1. The molecule has 0 aliphatic carbocycles. The maximum Gasteiger partial charge on any atom is 0.302 e. The minimum Gasteiger partial charge on any atom is -0.464 e. The summed E-state index contributed by atoms with van der Waals surface area (Å²) in [4.78, 5) is 10.5. The Labute approximate surface area is 89.0 Å². The summed E-state index contributed by atoms with van der Waals surface area (Å²) in [5.41, 5.74) is 0.798. The van der Waals surface area contributed by atoms with Crippen molar-refractivity contribution >= 4 is 11.7 Å². The van der Waals surface area contributed by atoms with E-state index in [0.717, 1.165) is 5.69 Å². The van der Waals surface area contributed by atoms with Gasteiger partial charge in [0.25, 0.3) is 0 Å². The average molecular weight is 206 g/mol. The molecule has 0 N–H and O–H groups in total. The molecule has 4 heteroatoms. The minimum absolute atomic E-state index is 0.117. The molecule has 0 radical (unpaired) electrons. The van der Waals surface area contributed by atoms with Gasteiger partial charge in [-0.05, 0) is 19.1 Å². The monoisotopic (exact) mass is 206 g/mol. The molecule has 0 saturated carbocycles. The Balaban J connectivity index is 2.41. The summed E-state index contributed by atoms with van der Waals surface area (Å²) in [5.74, 6) is -0.295. The molecule has 0 aromatic heterocycles. The zero-order chi connectivity index (χ0) is 11.1. The molecular weight excluding hydrogens is 192 g/mol. The van der Waals surface area contributed by atoms with Crippen LogP contribution in [0.15, 0.2) is 40.6 Å². The molecule has 1 aromatic rings. The van der Waals surface area contributed by atoms with Crippen molar-refractivity contribution in [1.29, 1.82) is 0 Å². The number of hydrogen-bond acceptors (Lipinski definition) is 4. The highest BCUT2D eigenvalue weighted by Gasteiger charge is 2.01. The average Bonchev–Trinajstić information content (AvgIpc) is 2.25. The summed E-state index contributed by atoms with van der Waals surface area (Å²) in [6.45, 7) is 3.49. The van der Waals surface area contributed by atoms with Crippen LogP contribution in [0.2, 0.25) is 0 Å². The maximum absolute atomic E-state index is 10.5. The van der Waals surface area contributed by atoms with E-state index in [1.54, 1.807) is 0 Å². The van der Waals surface area contributed by atoms with Gasteiger partial charge < -0.3 is 4.74 Å². The highest BCUT2D eigenvalue weighted by atomic mass is 16.5. The van der Waals surface area contributed by atoms with Gasteiger partial charge in [-0.1, -0.05) is 18.2 Å². The van der Waals surface area contributed by atoms with E-state index in [1.807, 2.05) is 37.3 Å². The standard InChI is InChI=1S/C11H14N2O2/c1-9(8-15-10(2)14)12-13-11-6-4-3-5-7-11/h3-7,9H,8H2,1-2H3/b13-12+. The SMILES string of the molecule is CC(=O)OCC(C)/N=N/c1ccccc1. The molecule has 1 aromatic carbocycles. The molecular formula is C11H14N2O2. The van der Waals surface area contributed by atoms with E-state index in [9.17, 15) is 4.79 Å². The number of rotatable bonds is 4. The number of nitrogens with zero attached hydrogens (tertiary/aromatic N) is 2. The van der Waals surface area contributed by atoms with Crippen molar-refractivity contribution < 1.29 is 9.53 Å². The molecule has 80 valence electrons. The minimum atomic E-state index is -0.295. The topological polar surface area (TPSA) is 51.0 Å². The van der Waals surface area contributed by atoms with Crippen molar-refractivity contribution in [2.75, 3.05) is 6.61 Å². The molecule has 4 nitrogen and oxygen atoms in total. The van der Waals surface area contributed by atoms with E-state index >= 15 is 0 Å². The van der Waals surface area contributed by atoms with Gasteiger partial charge in [-0.15, -0.1) is 0 Å². The molecule has 0 bridgehead atoms. The zero-order valence-corrected chi connectivity index (χ0v) is 8.88. The van der Waals surface area contributed by atoms with E-state index in [1.165, 1.54) is 6.92 Å². The summed E-state index contributed by atoms with van der Waals surface area (Å²) >= 11 is 0. The molecule has 0 saturated heterocycles. The lowest BCUT2D eigenvalue weighted by atomic mass is 10.3. The number of carbonyl (C=O) groups excluding carboxylic acids is 1. The van der Waals surface area contributed by atoms with Gasteiger partial charge in [0.1, 0.15) is 12.6 Å². The highest BCUT2D eigenvalue weighted by Crippen LogP contribution is 2.11. The lowest BCUT2D eigenvalue weighted by molar-refractivity contribution is -0.141. The van der Waals surface area contributed by atoms with Gasteiger partial charge in [0, 0.05) is 6.92 Å². The van der Waals surface area contributed by atoms with Crippen LogP contribution in [0, 0.1) is 0 Å². The van der Waals surface area contributed by atoms with Crippen LogP contribution in [-0.4, -0.2) is 18.6 Å². The van der Waals surface area contributed by atoms with E-state index in [4.69, 9.17) is 4.74 Å². The van der Waals surface area contributed by atoms with Gasteiger partial charge in [-0.25, -0.2) is 0 Å². The predicted molar refractivity (Wildman–Crippen MR) is 57.1 cm³/mol. The van der Waals surface area contributed by atoms with E-state index in [0.29, 0.717) is 0 Å². The Morgan fingerprint density at radius 1 is 1.40 bits per heavy atom. The van der Waals surface area contributed by atoms with E-state index in [2.05, 4.69) is 10.2 Å². The second-order valence-corrected chi connectivity index (χ2v) is 3.20. The number of azo groups is 1. The lowest BCUT2D eigenvalue weighted by Crippen LogP contribution is -2.11. The molecule has 1 rings (SSSR count). The Morgan fingerprint density at radius 3 is 2.67 bits per heavy atom. The van der Waals surface area contributed by atoms with Crippen LogP contribution in [0.4, 0.5) is 5.69 Å². The fourth-order valence-electron chi connectivity index (χ4n) is 0.931. The van der Waals surface area contributed by atoms with Crippen molar-refractivity contribution in [2.45, 2.75) is 19.9 Å². The molecule has 15 heavy (non-hydrogen) atoms. The first kappa shape index (κ1) is 11.4. The molecule has 0 spiro atoms. The van der Waals surface area contributed by atoms with Crippen LogP contribution < -0.4 is 0 Å². The quantitative estimate of drug-likeness (QED) is 0.561. The fraction of sp³-hybridized carbons (Fsp3) is 0.364.